The molecule has 1 aromatic rings. The summed E-state index contributed by atoms with van der Waals surface area (Å²) in [5.74, 6) is -0.120. The molecule has 0 bridgehead atoms. The van der Waals surface area contributed by atoms with Crippen LogP contribution in [-0.4, -0.2) is 30.4 Å². The van der Waals surface area contributed by atoms with Gasteiger partial charge in [0.25, 0.3) is 0 Å². The number of hydrogen-bond acceptors (Lipinski definition) is 3. The van der Waals surface area contributed by atoms with Gasteiger partial charge < -0.3 is 14.6 Å². The smallest absolute Gasteiger partial charge is 0.307 e. The molecule has 4 nitrogen and oxygen atoms in total. The summed E-state index contributed by atoms with van der Waals surface area (Å²) in [6, 6.07) is 7.22. The van der Waals surface area contributed by atoms with Crippen molar-refractivity contribution in [2.75, 3.05) is 13.2 Å². The molecule has 0 amide bonds. The number of aliphatic carboxylic acids is 1. The highest BCUT2D eigenvalue weighted by Crippen LogP contribution is 2.17. The van der Waals surface area contributed by atoms with Gasteiger partial charge in [-0.1, -0.05) is 12.1 Å². The van der Waals surface area contributed by atoms with E-state index in [0.29, 0.717) is 12.4 Å². The fraction of sp³-hybridized carbons (Fsp3) is 0.500. The molecule has 0 aliphatic carbocycles. The Morgan fingerprint density at radius 2 is 2.33 bits per heavy atom. The first kappa shape index (κ1) is 12.9. The Hall–Kier alpha value is -1.55. The summed E-state index contributed by atoms with van der Waals surface area (Å²) in [4.78, 5) is 10.6. The second-order valence-electron chi connectivity index (χ2n) is 4.52. The number of benzene rings is 1. The van der Waals surface area contributed by atoms with Gasteiger partial charge in [0.15, 0.2) is 0 Å². The molecular weight excluding hydrogens is 232 g/mol. The van der Waals surface area contributed by atoms with Crippen LogP contribution >= 0.6 is 0 Å². The maximum Gasteiger partial charge on any atom is 0.307 e. The van der Waals surface area contributed by atoms with Gasteiger partial charge in [-0.2, -0.15) is 0 Å². The Labute approximate surface area is 107 Å². The molecule has 18 heavy (non-hydrogen) atoms. The average molecular weight is 250 g/mol. The van der Waals surface area contributed by atoms with Crippen LogP contribution in [0.2, 0.25) is 0 Å². The van der Waals surface area contributed by atoms with Crippen molar-refractivity contribution in [3.8, 4) is 5.75 Å². The number of ether oxygens (including phenoxy) is 2. The first-order chi connectivity index (χ1) is 8.74. The van der Waals surface area contributed by atoms with E-state index in [1.165, 1.54) is 6.42 Å². The molecule has 98 valence electrons. The molecule has 1 fully saturated rings. The van der Waals surface area contributed by atoms with Crippen molar-refractivity contribution in [2.24, 2.45) is 0 Å². The SMILES string of the molecule is O=C(O)Cc1cccc(OCC2CCCCO2)c1. The van der Waals surface area contributed by atoms with Crippen molar-refractivity contribution in [3.05, 3.63) is 29.8 Å². The minimum atomic E-state index is -0.831. The van der Waals surface area contributed by atoms with Crippen LogP contribution < -0.4 is 4.74 Å². The molecule has 1 heterocycles. The second kappa shape index (κ2) is 6.40. The summed E-state index contributed by atoms with van der Waals surface area (Å²) in [5.41, 5.74) is 0.754. The molecule has 1 aromatic carbocycles. The van der Waals surface area contributed by atoms with E-state index in [4.69, 9.17) is 14.6 Å². The van der Waals surface area contributed by atoms with E-state index in [1.54, 1.807) is 12.1 Å². The first-order valence-corrected chi connectivity index (χ1v) is 6.29. The maximum atomic E-state index is 10.6. The van der Waals surface area contributed by atoms with Gasteiger partial charge in [-0.25, -0.2) is 0 Å². The predicted octanol–water partition coefficient (Wildman–Crippen LogP) is 2.26. The molecule has 2 rings (SSSR count). The van der Waals surface area contributed by atoms with Crippen LogP contribution in [0.1, 0.15) is 24.8 Å². The molecular formula is C14H18O4. The normalized spacial score (nSPS) is 19.4. The Morgan fingerprint density at radius 1 is 1.44 bits per heavy atom. The topological polar surface area (TPSA) is 55.8 Å². The predicted molar refractivity (Wildman–Crippen MR) is 66.9 cm³/mol. The molecule has 1 aliphatic rings. The summed E-state index contributed by atoms with van der Waals surface area (Å²) in [7, 11) is 0. The zero-order valence-corrected chi connectivity index (χ0v) is 10.3. The van der Waals surface area contributed by atoms with Gasteiger partial charge in [-0.05, 0) is 37.0 Å². The Kier molecular flexibility index (Phi) is 4.59. The van der Waals surface area contributed by atoms with Gasteiger partial charge in [0.2, 0.25) is 0 Å². The molecule has 0 saturated carbocycles. The lowest BCUT2D eigenvalue weighted by molar-refractivity contribution is -0.136. The molecule has 1 atom stereocenters. The maximum absolute atomic E-state index is 10.6. The summed E-state index contributed by atoms with van der Waals surface area (Å²) < 4.78 is 11.2. The largest absolute Gasteiger partial charge is 0.491 e. The lowest BCUT2D eigenvalue weighted by atomic mass is 10.1. The standard InChI is InChI=1S/C14H18O4/c15-14(16)9-11-4-3-6-12(8-11)18-10-13-5-1-2-7-17-13/h3-4,6,8,13H,1-2,5,7,9-10H2,(H,15,16). The van der Waals surface area contributed by atoms with Crippen LogP contribution in [0.3, 0.4) is 0 Å². The van der Waals surface area contributed by atoms with Crippen molar-refractivity contribution in [2.45, 2.75) is 31.8 Å². The molecule has 1 N–H and O–H groups in total. The van der Waals surface area contributed by atoms with Crippen LogP contribution in [0.5, 0.6) is 5.75 Å². The minimum Gasteiger partial charge on any atom is -0.491 e. The van der Waals surface area contributed by atoms with E-state index in [-0.39, 0.29) is 12.5 Å². The molecule has 1 aliphatic heterocycles. The monoisotopic (exact) mass is 250 g/mol. The van der Waals surface area contributed by atoms with Crippen LogP contribution in [-0.2, 0) is 16.0 Å². The number of carbonyl (C=O) groups is 1. The van der Waals surface area contributed by atoms with E-state index >= 15 is 0 Å². The summed E-state index contributed by atoms with van der Waals surface area (Å²) >= 11 is 0. The first-order valence-electron chi connectivity index (χ1n) is 6.29. The average Bonchev–Trinajstić information content (AvgIpc) is 2.37. The van der Waals surface area contributed by atoms with Crippen molar-refractivity contribution in [1.82, 2.24) is 0 Å². The van der Waals surface area contributed by atoms with Crippen LogP contribution in [0, 0.1) is 0 Å². The molecule has 1 unspecified atom stereocenters. The molecule has 4 heteroatoms. The quantitative estimate of drug-likeness (QED) is 0.871. The minimum absolute atomic E-state index is 0.0249. The Bertz CT molecular complexity index is 397. The third-order valence-corrected chi connectivity index (χ3v) is 2.96. The van der Waals surface area contributed by atoms with Crippen molar-refractivity contribution >= 4 is 5.97 Å². The van der Waals surface area contributed by atoms with E-state index in [9.17, 15) is 4.79 Å². The number of hydrogen-bond donors (Lipinski definition) is 1. The van der Waals surface area contributed by atoms with Crippen molar-refractivity contribution in [3.63, 3.8) is 0 Å². The zero-order chi connectivity index (χ0) is 12.8. The molecule has 0 radical (unpaired) electrons. The molecule has 0 aromatic heterocycles. The van der Waals surface area contributed by atoms with Crippen LogP contribution in [0.15, 0.2) is 24.3 Å². The molecule has 1 saturated heterocycles. The number of carboxylic acids is 1. The fourth-order valence-corrected chi connectivity index (χ4v) is 2.05. The van der Waals surface area contributed by atoms with Crippen molar-refractivity contribution < 1.29 is 19.4 Å². The van der Waals surface area contributed by atoms with E-state index < -0.39 is 5.97 Å². The number of carboxylic acid groups (broad SMARTS) is 1. The highest BCUT2D eigenvalue weighted by atomic mass is 16.5. The Morgan fingerprint density at radius 3 is 3.06 bits per heavy atom. The summed E-state index contributed by atoms with van der Waals surface area (Å²) in [6.07, 6.45) is 3.55. The van der Waals surface area contributed by atoms with Gasteiger partial charge in [0.1, 0.15) is 12.4 Å². The zero-order valence-electron chi connectivity index (χ0n) is 10.3. The summed E-state index contributed by atoms with van der Waals surface area (Å²) in [5, 5.41) is 8.73. The van der Waals surface area contributed by atoms with E-state index in [1.807, 2.05) is 12.1 Å². The lowest BCUT2D eigenvalue weighted by Crippen LogP contribution is -2.25. The molecule has 0 spiro atoms. The van der Waals surface area contributed by atoms with E-state index in [0.717, 1.165) is 25.0 Å². The van der Waals surface area contributed by atoms with Crippen molar-refractivity contribution in [1.29, 1.82) is 0 Å². The van der Waals surface area contributed by atoms with Gasteiger partial charge in [0, 0.05) is 6.61 Å². The van der Waals surface area contributed by atoms with Gasteiger partial charge in [-0.3, -0.25) is 4.79 Å². The van der Waals surface area contributed by atoms with Gasteiger partial charge in [-0.15, -0.1) is 0 Å². The third-order valence-electron chi connectivity index (χ3n) is 2.96. The van der Waals surface area contributed by atoms with Gasteiger partial charge in [0.05, 0.1) is 12.5 Å². The van der Waals surface area contributed by atoms with E-state index in [2.05, 4.69) is 0 Å². The highest BCUT2D eigenvalue weighted by molar-refractivity contribution is 5.70. The fourth-order valence-electron chi connectivity index (χ4n) is 2.05. The summed E-state index contributed by atoms with van der Waals surface area (Å²) in [6.45, 7) is 1.35. The second-order valence-corrected chi connectivity index (χ2v) is 4.52. The number of rotatable bonds is 5. The Balaban J connectivity index is 1.86. The van der Waals surface area contributed by atoms with Gasteiger partial charge >= 0.3 is 5.97 Å². The third kappa shape index (κ3) is 4.04. The van der Waals surface area contributed by atoms with Crippen LogP contribution in [0.25, 0.3) is 0 Å². The van der Waals surface area contributed by atoms with Crippen LogP contribution in [0.4, 0.5) is 0 Å². The lowest BCUT2D eigenvalue weighted by Gasteiger charge is -2.22. The highest BCUT2D eigenvalue weighted by Gasteiger charge is 2.14.